The maximum atomic E-state index is 12.5. The van der Waals surface area contributed by atoms with E-state index in [1.807, 2.05) is 0 Å². The van der Waals surface area contributed by atoms with Gasteiger partial charge in [0.05, 0.1) is 18.0 Å². The molecule has 1 heterocycles. The first kappa shape index (κ1) is 23.0. The molecule has 10 nitrogen and oxygen atoms in total. The van der Waals surface area contributed by atoms with E-state index in [0.717, 1.165) is 5.56 Å². The molecule has 0 atom stereocenters. The summed E-state index contributed by atoms with van der Waals surface area (Å²) in [5, 5.41) is 18.1. The second-order valence-corrected chi connectivity index (χ2v) is 6.99. The molecule has 0 unspecified atom stereocenters. The van der Waals surface area contributed by atoms with Gasteiger partial charge >= 0.3 is 5.69 Å². The number of hydrogen-bond acceptors (Lipinski definition) is 6. The Morgan fingerprint density at radius 2 is 1.93 bits per heavy atom. The van der Waals surface area contributed by atoms with E-state index in [9.17, 15) is 19.7 Å². The van der Waals surface area contributed by atoms with Crippen molar-refractivity contribution in [2.75, 3.05) is 33.9 Å². The van der Waals surface area contributed by atoms with Crippen LogP contribution < -0.4 is 5.32 Å². The van der Waals surface area contributed by atoms with Crippen molar-refractivity contribution in [1.29, 1.82) is 0 Å². The molecule has 0 saturated heterocycles. The maximum absolute atomic E-state index is 12.5. The van der Waals surface area contributed by atoms with Crippen LogP contribution in [0.15, 0.2) is 24.3 Å². The summed E-state index contributed by atoms with van der Waals surface area (Å²) in [6.07, 6.45) is 0.708. The summed E-state index contributed by atoms with van der Waals surface area (Å²) in [5.74, 6) is -0.500. The minimum Gasteiger partial charge on any atom is -0.385 e. The number of nitrogens with one attached hydrogen (secondary N) is 1. The zero-order chi connectivity index (χ0) is 22.3. The number of aryl methyl sites for hydroxylation is 1. The monoisotopic (exact) mass is 417 g/mol. The van der Waals surface area contributed by atoms with Crippen molar-refractivity contribution in [3.63, 3.8) is 0 Å². The van der Waals surface area contributed by atoms with Crippen LogP contribution in [0.25, 0.3) is 0 Å². The van der Waals surface area contributed by atoms with E-state index in [1.54, 1.807) is 57.0 Å². The van der Waals surface area contributed by atoms with Crippen molar-refractivity contribution in [3.05, 3.63) is 56.9 Å². The van der Waals surface area contributed by atoms with Gasteiger partial charge in [-0.2, -0.15) is 5.10 Å². The summed E-state index contributed by atoms with van der Waals surface area (Å²) < 4.78 is 6.49. The SMILES string of the molecule is COCCCNC(=O)CN(C)C(=O)c1ccc(Cn2nc(C)c([N+](=O)[O-])c2C)cc1. The Labute approximate surface area is 175 Å². The van der Waals surface area contributed by atoms with Crippen LogP contribution in [0.1, 0.15) is 33.7 Å². The van der Waals surface area contributed by atoms with E-state index >= 15 is 0 Å². The molecule has 0 bridgehead atoms. The summed E-state index contributed by atoms with van der Waals surface area (Å²) in [4.78, 5) is 36.5. The van der Waals surface area contributed by atoms with Crippen LogP contribution in [-0.2, 0) is 16.1 Å². The number of hydrogen-bond donors (Lipinski definition) is 1. The third kappa shape index (κ3) is 5.86. The fourth-order valence-electron chi connectivity index (χ4n) is 3.04. The smallest absolute Gasteiger partial charge is 0.312 e. The first-order chi connectivity index (χ1) is 14.2. The highest BCUT2D eigenvalue weighted by Gasteiger charge is 2.22. The van der Waals surface area contributed by atoms with Crippen LogP contribution in [0.5, 0.6) is 0 Å². The number of ether oxygens (including phenoxy) is 1. The predicted octanol–water partition coefficient (Wildman–Crippen LogP) is 1.68. The van der Waals surface area contributed by atoms with Gasteiger partial charge in [-0.3, -0.25) is 24.4 Å². The maximum Gasteiger partial charge on any atom is 0.312 e. The van der Waals surface area contributed by atoms with Crippen LogP contribution in [0, 0.1) is 24.0 Å². The molecule has 0 spiro atoms. The number of benzene rings is 1. The molecule has 0 fully saturated rings. The van der Waals surface area contributed by atoms with Gasteiger partial charge in [-0.1, -0.05) is 12.1 Å². The van der Waals surface area contributed by atoms with E-state index < -0.39 is 4.92 Å². The number of amides is 2. The van der Waals surface area contributed by atoms with Gasteiger partial charge in [-0.05, 0) is 38.0 Å². The highest BCUT2D eigenvalue weighted by atomic mass is 16.6. The Hall–Kier alpha value is -3.27. The lowest BCUT2D eigenvalue weighted by molar-refractivity contribution is -0.386. The van der Waals surface area contributed by atoms with E-state index in [0.29, 0.717) is 43.1 Å². The van der Waals surface area contributed by atoms with Gasteiger partial charge in [0, 0.05) is 32.9 Å². The first-order valence-corrected chi connectivity index (χ1v) is 9.53. The Morgan fingerprint density at radius 3 is 2.50 bits per heavy atom. The fraction of sp³-hybridized carbons (Fsp3) is 0.450. The first-order valence-electron chi connectivity index (χ1n) is 9.53. The van der Waals surface area contributed by atoms with Crippen molar-refractivity contribution < 1.29 is 19.2 Å². The number of nitro groups is 1. The number of carbonyl (C=O) groups is 2. The summed E-state index contributed by atoms with van der Waals surface area (Å²) in [5.41, 5.74) is 2.17. The zero-order valence-electron chi connectivity index (χ0n) is 17.7. The van der Waals surface area contributed by atoms with E-state index in [1.165, 1.54) is 4.90 Å². The molecule has 2 amide bonds. The molecular weight excluding hydrogens is 390 g/mol. The molecule has 2 aromatic rings. The Morgan fingerprint density at radius 1 is 1.27 bits per heavy atom. The molecule has 30 heavy (non-hydrogen) atoms. The second kappa shape index (κ2) is 10.5. The van der Waals surface area contributed by atoms with Gasteiger partial charge in [0.15, 0.2) is 0 Å². The van der Waals surface area contributed by atoms with Crippen LogP contribution in [-0.4, -0.2) is 65.3 Å². The van der Waals surface area contributed by atoms with Crippen molar-refractivity contribution >= 4 is 17.5 Å². The predicted molar refractivity (Wildman–Crippen MR) is 110 cm³/mol. The topological polar surface area (TPSA) is 120 Å². The average molecular weight is 417 g/mol. The molecule has 0 radical (unpaired) electrons. The molecule has 0 aliphatic carbocycles. The minimum absolute atomic E-state index is 0.0175. The minimum atomic E-state index is -0.431. The van der Waals surface area contributed by atoms with E-state index in [2.05, 4.69) is 10.4 Å². The molecule has 1 aromatic carbocycles. The van der Waals surface area contributed by atoms with Crippen molar-refractivity contribution in [1.82, 2.24) is 20.0 Å². The summed E-state index contributed by atoms with van der Waals surface area (Å²) >= 11 is 0. The molecule has 0 saturated carbocycles. The molecule has 0 aliphatic rings. The molecule has 1 N–H and O–H groups in total. The van der Waals surface area contributed by atoms with Gasteiger partial charge in [0.1, 0.15) is 11.4 Å². The number of aromatic nitrogens is 2. The molecule has 10 heteroatoms. The van der Waals surface area contributed by atoms with Crippen LogP contribution >= 0.6 is 0 Å². The fourth-order valence-corrected chi connectivity index (χ4v) is 3.04. The highest BCUT2D eigenvalue weighted by molar-refractivity contribution is 5.96. The number of nitrogens with zero attached hydrogens (tertiary/aromatic N) is 4. The van der Waals surface area contributed by atoms with Crippen LogP contribution in [0.3, 0.4) is 0 Å². The standard InChI is InChI=1S/C20H27N5O5/c1-14-19(25(28)29)15(2)24(22-14)12-16-6-8-17(9-7-16)20(27)23(3)13-18(26)21-10-5-11-30-4/h6-9H,5,10-13H2,1-4H3,(H,21,26). The molecule has 2 rings (SSSR count). The number of rotatable bonds is 10. The summed E-state index contributed by atoms with van der Waals surface area (Å²) in [6.45, 7) is 4.64. The quantitative estimate of drug-likeness (QED) is 0.357. The van der Waals surface area contributed by atoms with Crippen molar-refractivity contribution in [2.45, 2.75) is 26.8 Å². The summed E-state index contributed by atoms with van der Waals surface area (Å²) in [7, 11) is 3.17. The molecule has 162 valence electrons. The van der Waals surface area contributed by atoms with E-state index in [4.69, 9.17) is 4.74 Å². The highest BCUT2D eigenvalue weighted by Crippen LogP contribution is 2.22. The van der Waals surface area contributed by atoms with Gasteiger partial charge in [0.25, 0.3) is 5.91 Å². The van der Waals surface area contributed by atoms with Gasteiger partial charge in [0.2, 0.25) is 5.91 Å². The second-order valence-electron chi connectivity index (χ2n) is 6.99. The molecular formula is C20H27N5O5. The van der Waals surface area contributed by atoms with Crippen LogP contribution in [0.4, 0.5) is 5.69 Å². The largest absolute Gasteiger partial charge is 0.385 e. The normalized spacial score (nSPS) is 10.7. The lowest BCUT2D eigenvalue weighted by atomic mass is 10.1. The zero-order valence-corrected chi connectivity index (χ0v) is 17.7. The van der Waals surface area contributed by atoms with E-state index in [-0.39, 0.29) is 24.0 Å². The third-order valence-electron chi connectivity index (χ3n) is 4.63. The van der Waals surface area contributed by atoms with Gasteiger partial charge in [-0.25, -0.2) is 0 Å². The van der Waals surface area contributed by atoms with Gasteiger partial charge in [-0.15, -0.1) is 0 Å². The van der Waals surface area contributed by atoms with Crippen molar-refractivity contribution in [2.24, 2.45) is 0 Å². The van der Waals surface area contributed by atoms with Gasteiger partial charge < -0.3 is 15.0 Å². The molecule has 0 aliphatic heterocycles. The lowest BCUT2D eigenvalue weighted by Gasteiger charge is -2.17. The Balaban J connectivity index is 1.96. The summed E-state index contributed by atoms with van der Waals surface area (Å²) in [6, 6.07) is 6.89. The Bertz CT molecular complexity index is 907. The molecule has 1 aromatic heterocycles. The average Bonchev–Trinajstić information content (AvgIpc) is 2.98. The number of methoxy groups -OCH3 is 1. The third-order valence-corrected chi connectivity index (χ3v) is 4.63. The van der Waals surface area contributed by atoms with Crippen LogP contribution in [0.2, 0.25) is 0 Å². The lowest BCUT2D eigenvalue weighted by Crippen LogP contribution is -2.38. The Kier molecular flexibility index (Phi) is 8.05. The van der Waals surface area contributed by atoms with Crippen molar-refractivity contribution in [3.8, 4) is 0 Å². The number of carbonyl (C=O) groups excluding carboxylic acids is 2. The number of likely N-dealkylation sites (N-methyl/N-ethyl adjacent to an activating group) is 1.